The molecule has 2 heterocycles. The van der Waals surface area contributed by atoms with Gasteiger partial charge in [-0.05, 0) is 31.2 Å². The van der Waals surface area contributed by atoms with Gasteiger partial charge in [-0.3, -0.25) is 9.69 Å². The van der Waals surface area contributed by atoms with E-state index in [1.807, 2.05) is 12.1 Å². The number of carboxylic acid groups (broad SMARTS) is 1. The highest BCUT2D eigenvalue weighted by Crippen LogP contribution is 2.24. The van der Waals surface area contributed by atoms with E-state index < -0.39 is 5.97 Å². The summed E-state index contributed by atoms with van der Waals surface area (Å²) in [6.45, 7) is 1.94. The largest absolute Gasteiger partial charge is 0.481 e. The van der Waals surface area contributed by atoms with Crippen molar-refractivity contribution >= 4 is 17.6 Å². The topological polar surface area (TPSA) is 66.6 Å². The molecule has 1 aliphatic rings. The Hall–Kier alpha value is -1.85. The Kier molecular flexibility index (Phi) is 3.94. The van der Waals surface area contributed by atoms with E-state index >= 15 is 0 Å². The van der Waals surface area contributed by atoms with Gasteiger partial charge >= 0.3 is 5.97 Å². The van der Waals surface area contributed by atoms with E-state index in [-0.39, 0.29) is 5.92 Å². The predicted octanol–water partition coefficient (Wildman–Crippen LogP) is 2.90. The zero-order chi connectivity index (χ0) is 14.8. The monoisotopic (exact) mass is 306 g/mol. The summed E-state index contributed by atoms with van der Waals surface area (Å²) in [6.07, 6.45) is 2.30. The van der Waals surface area contributed by atoms with Gasteiger partial charge in [-0.2, -0.15) is 0 Å². The molecule has 1 N–H and O–H groups in total. The molecule has 0 bridgehead atoms. The van der Waals surface area contributed by atoms with E-state index in [0.717, 1.165) is 17.8 Å². The van der Waals surface area contributed by atoms with Gasteiger partial charge in [0.2, 0.25) is 5.89 Å². The average Bonchev–Trinajstić information content (AvgIpc) is 3.08. The summed E-state index contributed by atoms with van der Waals surface area (Å²) in [5.74, 6) is -0.469. The summed E-state index contributed by atoms with van der Waals surface area (Å²) in [5.41, 5.74) is 1.63. The number of nitrogens with zero attached hydrogens (tertiary/aromatic N) is 2. The molecule has 0 spiro atoms. The van der Waals surface area contributed by atoms with Gasteiger partial charge in [0.1, 0.15) is 6.26 Å². The molecule has 3 rings (SSSR count). The van der Waals surface area contributed by atoms with Crippen molar-refractivity contribution in [2.45, 2.75) is 13.0 Å². The minimum absolute atomic E-state index is 0.274. The maximum atomic E-state index is 10.9. The minimum atomic E-state index is -0.725. The Morgan fingerprint density at radius 3 is 3.10 bits per heavy atom. The maximum absolute atomic E-state index is 10.9. The zero-order valence-corrected chi connectivity index (χ0v) is 12.1. The molecule has 2 aromatic rings. The van der Waals surface area contributed by atoms with Crippen LogP contribution in [0.2, 0.25) is 5.02 Å². The molecular formula is C15H15ClN2O3. The Bertz CT molecular complexity index is 656. The van der Waals surface area contributed by atoms with Gasteiger partial charge < -0.3 is 9.52 Å². The van der Waals surface area contributed by atoms with Crippen LogP contribution in [0.4, 0.5) is 0 Å². The second-order valence-corrected chi connectivity index (χ2v) is 5.65. The van der Waals surface area contributed by atoms with E-state index in [4.69, 9.17) is 21.1 Å². The fourth-order valence-corrected chi connectivity index (χ4v) is 2.73. The van der Waals surface area contributed by atoms with Gasteiger partial charge in [0.25, 0.3) is 0 Å². The molecule has 0 amide bonds. The zero-order valence-electron chi connectivity index (χ0n) is 11.3. The molecule has 6 heteroatoms. The van der Waals surface area contributed by atoms with Gasteiger partial charge in [-0.1, -0.05) is 17.7 Å². The third-order valence-electron chi connectivity index (χ3n) is 3.63. The Morgan fingerprint density at radius 2 is 2.38 bits per heavy atom. The molecule has 1 aromatic heterocycles. The van der Waals surface area contributed by atoms with Crippen LogP contribution in [-0.2, 0) is 11.3 Å². The first kappa shape index (κ1) is 14.1. The third-order valence-corrected chi connectivity index (χ3v) is 3.87. The van der Waals surface area contributed by atoms with E-state index in [0.29, 0.717) is 30.4 Å². The first-order valence-electron chi connectivity index (χ1n) is 6.77. The van der Waals surface area contributed by atoms with Crippen molar-refractivity contribution in [1.29, 1.82) is 0 Å². The Balaban J connectivity index is 1.67. The van der Waals surface area contributed by atoms with Crippen molar-refractivity contribution in [2.24, 2.45) is 5.92 Å². The smallest absolute Gasteiger partial charge is 0.307 e. The standard InChI is InChI=1S/C15H15ClN2O3/c16-12-3-1-2-10(6-12)14-17-13(9-21-14)8-18-5-4-11(7-18)15(19)20/h1-3,6,9,11H,4-5,7-8H2,(H,19,20)/t11-/m1/s1. The number of carbonyl (C=O) groups is 1. The fourth-order valence-electron chi connectivity index (χ4n) is 2.54. The van der Waals surface area contributed by atoms with Crippen LogP contribution >= 0.6 is 11.6 Å². The second kappa shape index (κ2) is 5.87. The number of likely N-dealkylation sites (tertiary alicyclic amines) is 1. The lowest BCUT2D eigenvalue weighted by atomic mass is 10.1. The van der Waals surface area contributed by atoms with Crippen LogP contribution in [-0.4, -0.2) is 34.0 Å². The molecule has 21 heavy (non-hydrogen) atoms. The fraction of sp³-hybridized carbons (Fsp3) is 0.333. The number of hydrogen-bond donors (Lipinski definition) is 1. The molecule has 0 aliphatic carbocycles. The Labute approximate surface area is 127 Å². The molecule has 0 saturated carbocycles. The van der Waals surface area contributed by atoms with E-state index in [9.17, 15) is 4.79 Å². The highest BCUT2D eigenvalue weighted by atomic mass is 35.5. The number of benzene rings is 1. The van der Waals surface area contributed by atoms with E-state index in [2.05, 4.69) is 9.88 Å². The molecule has 110 valence electrons. The first-order chi connectivity index (χ1) is 10.1. The molecule has 0 radical (unpaired) electrons. The SMILES string of the molecule is O=C(O)[C@@H]1CCN(Cc2coc(-c3cccc(Cl)c3)n2)C1. The quantitative estimate of drug-likeness (QED) is 0.940. The Morgan fingerprint density at radius 1 is 1.52 bits per heavy atom. The molecule has 0 unspecified atom stereocenters. The van der Waals surface area contributed by atoms with Gasteiger partial charge in [0.15, 0.2) is 0 Å². The lowest BCUT2D eigenvalue weighted by Crippen LogP contribution is -2.22. The maximum Gasteiger partial charge on any atom is 0.307 e. The number of aliphatic carboxylic acids is 1. The van der Waals surface area contributed by atoms with Gasteiger partial charge in [-0.25, -0.2) is 4.98 Å². The van der Waals surface area contributed by atoms with Crippen molar-refractivity contribution in [1.82, 2.24) is 9.88 Å². The summed E-state index contributed by atoms with van der Waals surface area (Å²) >= 11 is 5.95. The van der Waals surface area contributed by atoms with Crippen LogP contribution in [0.5, 0.6) is 0 Å². The van der Waals surface area contributed by atoms with Crippen LogP contribution in [0.25, 0.3) is 11.5 Å². The highest BCUT2D eigenvalue weighted by Gasteiger charge is 2.28. The molecular weight excluding hydrogens is 292 g/mol. The number of oxazole rings is 1. The molecule has 1 fully saturated rings. The van der Waals surface area contributed by atoms with Crippen LogP contribution in [0, 0.1) is 5.92 Å². The van der Waals surface area contributed by atoms with Gasteiger partial charge in [0.05, 0.1) is 11.6 Å². The number of hydrogen-bond acceptors (Lipinski definition) is 4. The summed E-state index contributed by atoms with van der Waals surface area (Å²) < 4.78 is 5.48. The summed E-state index contributed by atoms with van der Waals surface area (Å²) in [7, 11) is 0. The average molecular weight is 307 g/mol. The number of halogens is 1. The third kappa shape index (κ3) is 3.25. The summed E-state index contributed by atoms with van der Waals surface area (Å²) in [5, 5.41) is 9.64. The predicted molar refractivity (Wildman–Crippen MR) is 78.0 cm³/mol. The molecule has 1 aromatic carbocycles. The molecule has 5 nitrogen and oxygen atoms in total. The molecule has 1 aliphatic heterocycles. The van der Waals surface area contributed by atoms with Gasteiger partial charge in [-0.15, -0.1) is 0 Å². The van der Waals surface area contributed by atoms with E-state index in [1.54, 1.807) is 18.4 Å². The van der Waals surface area contributed by atoms with Crippen molar-refractivity contribution in [3.05, 3.63) is 41.2 Å². The van der Waals surface area contributed by atoms with Crippen molar-refractivity contribution < 1.29 is 14.3 Å². The molecule has 1 atom stereocenters. The lowest BCUT2D eigenvalue weighted by molar-refractivity contribution is -0.141. The summed E-state index contributed by atoms with van der Waals surface area (Å²) in [4.78, 5) is 17.5. The lowest BCUT2D eigenvalue weighted by Gasteiger charge is -2.12. The van der Waals surface area contributed by atoms with Crippen molar-refractivity contribution in [3.63, 3.8) is 0 Å². The van der Waals surface area contributed by atoms with Crippen LogP contribution < -0.4 is 0 Å². The number of rotatable bonds is 4. The van der Waals surface area contributed by atoms with Crippen molar-refractivity contribution in [3.8, 4) is 11.5 Å². The van der Waals surface area contributed by atoms with Crippen LogP contribution in [0.3, 0.4) is 0 Å². The second-order valence-electron chi connectivity index (χ2n) is 5.21. The highest BCUT2D eigenvalue weighted by molar-refractivity contribution is 6.30. The number of carboxylic acids is 1. The molecule has 1 saturated heterocycles. The normalized spacial score (nSPS) is 19.0. The van der Waals surface area contributed by atoms with Gasteiger partial charge in [0, 0.05) is 23.7 Å². The summed E-state index contributed by atoms with van der Waals surface area (Å²) in [6, 6.07) is 7.33. The van der Waals surface area contributed by atoms with Crippen molar-refractivity contribution in [2.75, 3.05) is 13.1 Å². The van der Waals surface area contributed by atoms with Crippen LogP contribution in [0.15, 0.2) is 34.9 Å². The van der Waals surface area contributed by atoms with Crippen LogP contribution in [0.1, 0.15) is 12.1 Å². The number of aromatic nitrogens is 1. The van der Waals surface area contributed by atoms with E-state index in [1.165, 1.54) is 0 Å². The minimum Gasteiger partial charge on any atom is -0.481 e. The first-order valence-corrected chi connectivity index (χ1v) is 7.15.